The van der Waals surface area contributed by atoms with Crippen molar-refractivity contribution in [2.24, 2.45) is 0 Å². The van der Waals surface area contributed by atoms with Crippen LogP contribution in [0.5, 0.6) is 5.75 Å². The Balaban J connectivity index is 2.75. The minimum Gasteiger partial charge on any atom is -0.490 e. The van der Waals surface area contributed by atoms with E-state index in [1.807, 2.05) is 0 Å². The Kier molecular flexibility index (Phi) is 6.90. The van der Waals surface area contributed by atoms with E-state index in [0.29, 0.717) is 13.2 Å². The third-order valence-corrected chi connectivity index (χ3v) is 3.71. The maximum atomic E-state index is 11.4. The van der Waals surface area contributed by atoms with Crippen molar-refractivity contribution < 1.29 is 32.5 Å². The van der Waals surface area contributed by atoms with E-state index in [9.17, 15) is 13.2 Å². The Labute approximate surface area is 126 Å². The quantitative estimate of drug-likeness (QED) is 0.536. The van der Waals surface area contributed by atoms with Crippen molar-refractivity contribution in [1.29, 1.82) is 0 Å². The van der Waals surface area contributed by atoms with Crippen LogP contribution in [0.3, 0.4) is 0 Å². The van der Waals surface area contributed by atoms with E-state index in [1.54, 1.807) is 7.11 Å². The number of aromatic carboxylic acids is 1. The lowest BCUT2D eigenvalue weighted by Crippen LogP contribution is -2.11. The van der Waals surface area contributed by atoms with E-state index in [2.05, 4.69) is 0 Å². The highest BCUT2D eigenvalue weighted by molar-refractivity contribution is 8.13. The van der Waals surface area contributed by atoms with Crippen LogP contribution in [0.25, 0.3) is 0 Å². The summed E-state index contributed by atoms with van der Waals surface area (Å²) in [6.07, 6.45) is 0. The molecule has 21 heavy (non-hydrogen) atoms. The fourth-order valence-electron chi connectivity index (χ4n) is 1.41. The van der Waals surface area contributed by atoms with Crippen molar-refractivity contribution in [2.75, 3.05) is 33.5 Å². The molecule has 118 valence electrons. The Morgan fingerprint density at radius 1 is 1.24 bits per heavy atom. The van der Waals surface area contributed by atoms with Gasteiger partial charge in [-0.15, -0.1) is 0 Å². The highest BCUT2D eigenvalue weighted by Crippen LogP contribution is 2.28. The predicted octanol–water partition coefficient (Wildman–Crippen LogP) is 1.35. The highest BCUT2D eigenvalue weighted by atomic mass is 35.7. The molecule has 0 saturated heterocycles. The molecule has 0 aliphatic heterocycles. The van der Waals surface area contributed by atoms with Crippen LogP contribution in [0.15, 0.2) is 23.1 Å². The second-order valence-electron chi connectivity index (χ2n) is 3.86. The summed E-state index contributed by atoms with van der Waals surface area (Å²) in [4.78, 5) is 10.5. The van der Waals surface area contributed by atoms with Crippen molar-refractivity contribution in [1.82, 2.24) is 0 Å². The third kappa shape index (κ3) is 5.88. The molecule has 0 bridgehead atoms. The van der Waals surface area contributed by atoms with Crippen LogP contribution in [0.2, 0.25) is 0 Å². The van der Waals surface area contributed by atoms with Gasteiger partial charge in [-0.05, 0) is 18.2 Å². The largest absolute Gasteiger partial charge is 0.490 e. The molecule has 0 aliphatic carbocycles. The normalized spacial score (nSPS) is 11.3. The Bertz CT molecular complexity index is 585. The van der Waals surface area contributed by atoms with Crippen LogP contribution >= 0.6 is 10.7 Å². The van der Waals surface area contributed by atoms with Gasteiger partial charge in [0.05, 0.1) is 25.4 Å². The summed E-state index contributed by atoms with van der Waals surface area (Å²) < 4.78 is 38.1. The molecule has 1 aromatic rings. The summed E-state index contributed by atoms with van der Waals surface area (Å²) in [6.45, 7) is 1.15. The van der Waals surface area contributed by atoms with Crippen molar-refractivity contribution in [3.63, 3.8) is 0 Å². The van der Waals surface area contributed by atoms with Crippen LogP contribution in [-0.4, -0.2) is 53.0 Å². The van der Waals surface area contributed by atoms with Gasteiger partial charge in [0.1, 0.15) is 17.3 Å². The maximum absolute atomic E-state index is 11.4. The van der Waals surface area contributed by atoms with Crippen LogP contribution in [0.1, 0.15) is 10.4 Å². The van der Waals surface area contributed by atoms with E-state index in [0.717, 1.165) is 6.07 Å². The number of carboxylic acid groups (broad SMARTS) is 1. The molecule has 0 radical (unpaired) electrons. The molecule has 1 N–H and O–H groups in total. The second-order valence-corrected chi connectivity index (χ2v) is 6.39. The van der Waals surface area contributed by atoms with Crippen LogP contribution in [0, 0.1) is 0 Å². The number of carbonyl (C=O) groups is 1. The van der Waals surface area contributed by atoms with E-state index in [1.165, 1.54) is 12.1 Å². The minimum atomic E-state index is -4.12. The SMILES string of the molecule is COCCOCCOc1ccc(C(=O)O)cc1S(=O)(=O)Cl. The smallest absolute Gasteiger partial charge is 0.335 e. The molecule has 0 aromatic heterocycles. The van der Waals surface area contributed by atoms with Crippen LogP contribution < -0.4 is 4.74 Å². The molecule has 0 fully saturated rings. The first-order chi connectivity index (χ1) is 9.86. The molecule has 0 atom stereocenters. The minimum absolute atomic E-state index is 0.0228. The standard InChI is InChI=1S/C12H15ClO7S/c1-18-4-5-19-6-7-20-10-3-2-9(12(14)15)8-11(10)21(13,16)17/h2-3,8H,4-7H2,1H3,(H,14,15). The van der Waals surface area contributed by atoms with Gasteiger partial charge in [-0.2, -0.15) is 0 Å². The fraction of sp³-hybridized carbons (Fsp3) is 0.417. The zero-order chi connectivity index (χ0) is 15.9. The highest BCUT2D eigenvalue weighted by Gasteiger charge is 2.19. The van der Waals surface area contributed by atoms with Crippen molar-refractivity contribution >= 4 is 25.7 Å². The molecule has 9 heteroatoms. The lowest BCUT2D eigenvalue weighted by molar-refractivity contribution is 0.0539. The van der Waals surface area contributed by atoms with Gasteiger partial charge in [0.25, 0.3) is 9.05 Å². The summed E-state index contributed by atoms with van der Waals surface area (Å²) in [5, 5.41) is 8.85. The van der Waals surface area contributed by atoms with Gasteiger partial charge < -0.3 is 19.3 Å². The number of methoxy groups -OCH3 is 1. The molecular weight excluding hydrogens is 324 g/mol. The summed E-state index contributed by atoms with van der Waals surface area (Å²) >= 11 is 0. The number of hydrogen-bond acceptors (Lipinski definition) is 6. The molecule has 1 rings (SSSR count). The van der Waals surface area contributed by atoms with Gasteiger partial charge >= 0.3 is 5.97 Å². The van der Waals surface area contributed by atoms with Crippen molar-refractivity contribution in [3.8, 4) is 5.75 Å². The predicted molar refractivity (Wildman–Crippen MR) is 74.6 cm³/mol. The number of hydrogen-bond donors (Lipinski definition) is 1. The first-order valence-electron chi connectivity index (χ1n) is 5.87. The van der Waals surface area contributed by atoms with Gasteiger partial charge in [-0.1, -0.05) is 0 Å². The second kappa shape index (κ2) is 8.18. The molecule has 0 aliphatic rings. The average molecular weight is 339 g/mol. The monoisotopic (exact) mass is 338 g/mol. The molecule has 7 nitrogen and oxygen atoms in total. The number of rotatable bonds is 9. The number of benzene rings is 1. The van der Waals surface area contributed by atoms with E-state index in [4.69, 9.17) is 30.0 Å². The van der Waals surface area contributed by atoms with Crippen LogP contribution in [0.4, 0.5) is 0 Å². The fourth-order valence-corrected chi connectivity index (χ4v) is 2.40. The summed E-state index contributed by atoms with van der Waals surface area (Å²) in [7, 11) is 2.70. The topological polar surface area (TPSA) is 99.1 Å². The molecule has 0 saturated carbocycles. The molecule has 0 heterocycles. The Morgan fingerprint density at radius 3 is 2.48 bits per heavy atom. The lowest BCUT2D eigenvalue weighted by atomic mass is 10.2. The lowest BCUT2D eigenvalue weighted by Gasteiger charge is -2.10. The van der Waals surface area contributed by atoms with Gasteiger partial charge in [0, 0.05) is 17.8 Å². The Hall–Kier alpha value is -1.35. The van der Waals surface area contributed by atoms with Gasteiger partial charge in [-0.3, -0.25) is 0 Å². The summed E-state index contributed by atoms with van der Waals surface area (Å²) in [5.41, 5.74) is -0.196. The molecule has 0 unspecified atom stereocenters. The maximum Gasteiger partial charge on any atom is 0.335 e. The van der Waals surface area contributed by atoms with Gasteiger partial charge in [0.2, 0.25) is 0 Å². The average Bonchev–Trinajstić information content (AvgIpc) is 2.41. The molecular formula is C12H15ClO7S. The third-order valence-electron chi connectivity index (χ3n) is 2.37. The Morgan fingerprint density at radius 2 is 1.90 bits per heavy atom. The molecule has 0 amide bonds. The zero-order valence-electron chi connectivity index (χ0n) is 11.2. The number of halogens is 1. The summed E-state index contributed by atoms with van der Waals surface area (Å²) in [5.74, 6) is -1.28. The van der Waals surface area contributed by atoms with E-state index >= 15 is 0 Å². The summed E-state index contributed by atoms with van der Waals surface area (Å²) in [6, 6.07) is 3.43. The van der Waals surface area contributed by atoms with E-state index in [-0.39, 0.29) is 29.4 Å². The van der Waals surface area contributed by atoms with Crippen molar-refractivity contribution in [2.45, 2.75) is 4.90 Å². The van der Waals surface area contributed by atoms with Gasteiger partial charge in [-0.25, -0.2) is 13.2 Å². The van der Waals surface area contributed by atoms with E-state index < -0.39 is 15.0 Å². The number of ether oxygens (including phenoxy) is 3. The van der Waals surface area contributed by atoms with Crippen LogP contribution in [-0.2, 0) is 18.5 Å². The van der Waals surface area contributed by atoms with Crippen molar-refractivity contribution in [3.05, 3.63) is 23.8 Å². The first kappa shape index (κ1) is 17.7. The van der Waals surface area contributed by atoms with Gasteiger partial charge in [0.15, 0.2) is 0 Å². The number of carboxylic acids is 1. The zero-order valence-corrected chi connectivity index (χ0v) is 12.8. The molecule has 0 spiro atoms. The molecule has 1 aromatic carbocycles. The first-order valence-corrected chi connectivity index (χ1v) is 8.18.